The van der Waals surface area contributed by atoms with Crippen LogP contribution >= 0.6 is 0 Å². The van der Waals surface area contributed by atoms with Crippen molar-refractivity contribution in [3.63, 3.8) is 0 Å². The van der Waals surface area contributed by atoms with Crippen LogP contribution in [0, 0.1) is 18.6 Å². The van der Waals surface area contributed by atoms with Crippen molar-refractivity contribution in [2.24, 2.45) is 7.05 Å². The van der Waals surface area contributed by atoms with E-state index in [9.17, 15) is 9.18 Å². The molecule has 5 nitrogen and oxygen atoms in total. The number of piperazine rings is 1. The monoisotopic (exact) mass is 404 g/mol. The zero-order chi connectivity index (χ0) is 21.0. The summed E-state index contributed by atoms with van der Waals surface area (Å²) in [6.07, 6.45) is 1.99. The van der Waals surface area contributed by atoms with Crippen LogP contribution in [0.1, 0.15) is 32.3 Å². The quantitative estimate of drug-likeness (QED) is 0.786. The molecule has 158 valence electrons. The lowest BCUT2D eigenvalue weighted by Crippen LogP contribution is -2.62. The number of nitrogens with zero attached hydrogens (tertiary/aromatic N) is 4. The lowest BCUT2D eigenvalue weighted by molar-refractivity contribution is 0.198. The molecular weight excluding hydrogens is 374 g/mol. The highest BCUT2D eigenvalue weighted by Crippen LogP contribution is 2.42. The summed E-state index contributed by atoms with van der Waals surface area (Å²) in [6, 6.07) is 1.89. The Balaban J connectivity index is 2.05. The summed E-state index contributed by atoms with van der Waals surface area (Å²) in [5, 5.41) is 0.491. The molecule has 4 rings (SSSR count). The molecule has 0 N–H and O–H groups in total. The zero-order valence-corrected chi connectivity index (χ0v) is 17.9. The molecule has 1 aromatic carbocycles. The molecule has 3 heterocycles. The van der Waals surface area contributed by atoms with Crippen LogP contribution in [-0.2, 0) is 7.05 Å². The third-order valence-corrected chi connectivity index (χ3v) is 6.71. The topological polar surface area (TPSA) is 31.7 Å². The van der Waals surface area contributed by atoms with Crippen molar-refractivity contribution < 1.29 is 8.78 Å². The van der Waals surface area contributed by atoms with Crippen molar-refractivity contribution in [1.82, 2.24) is 9.47 Å². The number of hydrogen-bond acceptors (Lipinski definition) is 4. The van der Waals surface area contributed by atoms with Gasteiger partial charge in [0.25, 0.3) is 5.56 Å². The van der Waals surface area contributed by atoms with E-state index in [1.807, 2.05) is 0 Å². The second-order valence-electron chi connectivity index (χ2n) is 8.65. The summed E-state index contributed by atoms with van der Waals surface area (Å²) in [6.45, 7) is 8.80. The molecule has 2 unspecified atom stereocenters. The summed E-state index contributed by atoms with van der Waals surface area (Å²) in [4.78, 5) is 20.1. The van der Waals surface area contributed by atoms with Crippen molar-refractivity contribution >= 4 is 22.3 Å². The highest BCUT2D eigenvalue weighted by atomic mass is 19.1. The summed E-state index contributed by atoms with van der Waals surface area (Å²) in [7, 11) is 3.70. The average molecular weight is 405 g/mol. The van der Waals surface area contributed by atoms with Gasteiger partial charge in [0.2, 0.25) is 0 Å². The number of rotatable bonds is 3. The molecule has 0 aliphatic carbocycles. The Morgan fingerprint density at radius 3 is 2.55 bits per heavy atom. The number of aryl methyl sites for hydroxylation is 1. The molecule has 1 fully saturated rings. The fourth-order valence-corrected chi connectivity index (χ4v) is 4.79. The van der Waals surface area contributed by atoms with E-state index >= 15 is 4.39 Å². The molecule has 0 radical (unpaired) electrons. The van der Waals surface area contributed by atoms with Crippen LogP contribution in [0.5, 0.6) is 0 Å². The van der Waals surface area contributed by atoms with Crippen LogP contribution < -0.4 is 15.4 Å². The predicted molar refractivity (Wildman–Crippen MR) is 114 cm³/mol. The third kappa shape index (κ3) is 3.01. The Labute approximate surface area is 170 Å². The van der Waals surface area contributed by atoms with Gasteiger partial charge in [-0.1, -0.05) is 13.3 Å². The van der Waals surface area contributed by atoms with Gasteiger partial charge >= 0.3 is 0 Å². The Kier molecular flexibility index (Phi) is 5.05. The van der Waals surface area contributed by atoms with Gasteiger partial charge < -0.3 is 14.4 Å². The molecule has 29 heavy (non-hydrogen) atoms. The van der Waals surface area contributed by atoms with E-state index in [4.69, 9.17) is 0 Å². The van der Waals surface area contributed by atoms with E-state index in [2.05, 4.69) is 35.6 Å². The molecule has 0 saturated carbocycles. The van der Waals surface area contributed by atoms with E-state index in [1.165, 1.54) is 17.6 Å². The van der Waals surface area contributed by atoms with E-state index in [0.717, 1.165) is 39.0 Å². The normalized spacial score (nSPS) is 22.2. The lowest BCUT2D eigenvalue weighted by Gasteiger charge is -2.51. The first kappa shape index (κ1) is 20.1. The molecule has 1 aromatic heterocycles. The summed E-state index contributed by atoms with van der Waals surface area (Å²) < 4.78 is 31.1. The minimum atomic E-state index is -0.646. The van der Waals surface area contributed by atoms with Gasteiger partial charge in [0.15, 0.2) is 5.82 Å². The predicted octanol–water partition coefficient (Wildman–Crippen LogP) is 3.25. The lowest BCUT2D eigenvalue weighted by atomic mass is 9.98. The number of anilines is 2. The van der Waals surface area contributed by atoms with Gasteiger partial charge in [-0.2, -0.15) is 0 Å². The van der Waals surface area contributed by atoms with Crippen molar-refractivity contribution in [2.45, 2.75) is 45.7 Å². The van der Waals surface area contributed by atoms with E-state index in [-0.39, 0.29) is 22.7 Å². The summed E-state index contributed by atoms with van der Waals surface area (Å²) >= 11 is 0. The van der Waals surface area contributed by atoms with Gasteiger partial charge in [0, 0.05) is 50.2 Å². The van der Waals surface area contributed by atoms with E-state index in [0.29, 0.717) is 22.8 Å². The molecule has 0 amide bonds. The number of pyridine rings is 1. The second kappa shape index (κ2) is 7.27. The molecular formula is C22H30F2N4O. The van der Waals surface area contributed by atoms with Crippen molar-refractivity contribution in [1.29, 1.82) is 0 Å². The van der Waals surface area contributed by atoms with Crippen LogP contribution in [-0.4, -0.2) is 54.8 Å². The first-order valence-electron chi connectivity index (χ1n) is 10.5. The fourth-order valence-electron chi connectivity index (χ4n) is 4.79. The van der Waals surface area contributed by atoms with Gasteiger partial charge in [0.1, 0.15) is 11.5 Å². The first-order valence-corrected chi connectivity index (χ1v) is 10.5. The van der Waals surface area contributed by atoms with Gasteiger partial charge in [0.05, 0.1) is 17.2 Å². The highest BCUT2D eigenvalue weighted by Gasteiger charge is 2.39. The van der Waals surface area contributed by atoms with Crippen molar-refractivity contribution in [3.8, 4) is 0 Å². The minimum Gasteiger partial charge on any atom is -0.363 e. The molecule has 0 bridgehead atoms. The molecule has 2 atom stereocenters. The highest BCUT2D eigenvalue weighted by molar-refractivity contribution is 6.00. The molecule has 0 spiro atoms. The van der Waals surface area contributed by atoms with Gasteiger partial charge in [-0.25, -0.2) is 8.78 Å². The third-order valence-electron chi connectivity index (χ3n) is 6.71. The molecule has 2 aromatic rings. The van der Waals surface area contributed by atoms with Crippen LogP contribution in [0.3, 0.4) is 0 Å². The van der Waals surface area contributed by atoms with Gasteiger partial charge in [-0.05, 0) is 33.4 Å². The average Bonchev–Trinajstić information content (AvgIpc) is 2.68. The molecule has 7 heteroatoms. The maximum Gasteiger partial charge on any atom is 0.276 e. The largest absolute Gasteiger partial charge is 0.363 e. The molecule has 1 saturated heterocycles. The number of likely N-dealkylation sites (N-methyl/N-ethyl adjacent to an activating group) is 1. The number of unbranched alkanes of at least 4 members (excludes halogenated alkanes) is 1. The Morgan fingerprint density at radius 1 is 1.14 bits per heavy atom. The smallest absolute Gasteiger partial charge is 0.276 e. The fraction of sp³-hybridized carbons (Fsp3) is 0.591. The van der Waals surface area contributed by atoms with Crippen LogP contribution in [0.2, 0.25) is 0 Å². The van der Waals surface area contributed by atoms with Crippen LogP contribution in [0.4, 0.5) is 20.2 Å². The number of hydrogen-bond donors (Lipinski definition) is 0. The van der Waals surface area contributed by atoms with Gasteiger partial charge in [-0.3, -0.25) is 9.69 Å². The molecule has 2 aliphatic rings. The van der Waals surface area contributed by atoms with Crippen molar-refractivity contribution in [3.05, 3.63) is 33.6 Å². The van der Waals surface area contributed by atoms with Crippen molar-refractivity contribution in [2.75, 3.05) is 43.0 Å². The van der Waals surface area contributed by atoms with E-state index in [1.54, 1.807) is 7.05 Å². The first-order chi connectivity index (χ1) is 13.8. The number of fused-ring (bicyclic) bond motifs is 5. The summed E-state index contributed by atoms with van der Waals surface area (Å²) in [5.74, 6) is -1.22. The van der Waals surface area contributed by atoms with Crippen LogP contribution in [0.15, 0.2) is 10.9 Å². The molecule has 2 aliphatic heterocycles. The SMILES string of the molecule is CCCCN1CC2CN(C)C(C)CN2c2c1c(=O)n(C)c1c(F)c(C)c(F)cc21. The summed E-state index contributed by atoms with van der Waals surface area (Å²) in [5.41, 5.74) is 1.22. The number of aromatic nitrogens is 1. The Morgan fingerprint density at radius 2 is 1.86 bits per heavy atom. The van der Waals surface area contributed by atoms with Gasteiger partial charge in [-0.15, -0.1) is 0 Å². The maximum atomic E-state index is 15.1. The van der Waals surface area contributed by atoms with E-state index < -0.39 is 11.6 Å². The Bertz CT molecular complexity index is 1020. The second-order valence-corrected chi connectivity index (χ2v) is 8.65. The minimum absolute atomic E-state index is 0.0469. The maximum absolute atomic E-state index is 15.1. The zero-order valence-electron chi connectivity index (χ0n) is 17.9. The number of halogens is 2. The van der Waals surface area contributed by atoms with Crippen LogP contribution in [0.25, 0.3) is 10.9 Å². The standard InChI is InChI=1S/C22H30F2N4O/c1-6-7-8-27-12-15-11-25(4)13(2)10-28(15)20-16-9-17(23)14(3)18(24)19(16)26(5)22(29)21(20)27/h9,13,15H,6-8,10-12H2,1-5H3. The number of benzene rings is 1. The Hall–Kier alpha value is -2.15.